The van der Waals surface area contributed by atoms with E-state index in [0.29, 0.717) is 0 Å². The van der Waals surface area contributed by atoms with Gasteiger partial charge in [0.2, 0.25) is 9.74 Å². The maximum atomic E-state index is 9.12. The van der Waals surface area contributed by atoms with Gasteiger partial charge >= 0.3 is 0 Å². The summed E-state index contributed by atoms with van der Waals surface area (Å²) in [4.78, 5) is 0. The van der Waals surface area contributed by atoms with Crippen LogP contribution in [0.1, 0.15) is 0 Å². The first-order valence-electron chi connectivity index (χ1n) is 0.730. The molecule has 0 heterocycles. The molecule has 0 fully saturated rings. The predicted octanol–water partition coefficient (Wildman–Crippen LogP) is -0.281. The topological polar surface area (TPSA) is 54.4 Å². The lowest BCUT2D eigenvalue weighted by molar-refractivity contribution is 0.618. The molecule has 32 valence electrons. The van der Waals surface area contributed by atoms with Crippen molar-refractivity contribution in [2.24, 2.45) is 0 Å². The molecule has 0 atom stereocenters. The maximum Gasteiger partial charge on any atom is 0.216 e. The zero-order valence-electron chi connectivity index (χ0n) is 2.12. The summed E-state index contributed by atoms with van der Waals surface area (Å²) in [5.41, 5.74) is 0. The Kier molecular flexibility index (Phi) is 2.62. The third kappa shape index (κ3) is 4.26. The minimum atomic E-state index is -2.63. The smallest absolute Gasteiger partial charge is 0.216 e. The van der Waals surface area contributed by atoms with Crippen molar-refractivity contribution in [2.45, 2.75) is 0 Å². The van der Waals surface area contributed by atoms with Crippen molar-refractivity contribution in [1.29, 1.82) is 0 Å². The van der Waals surface area contributed by atoms with Crippen LogP contribution in [0.5, 0.6) is 0 Å². The second-order valence-corrected chi connectivity index (χ2v) is 2.30. The molecule has 0 radical (unpaired) electrons. The molecule has 0 aliphatic carbocycles. The monoisotopic (exact) mass is 114 g/mol. The third-order valence-corrected chi connectivity index (χ3v) is 0.600. The fourth-order valence-electron chi connectivity index (χ4n) is 0. The standard InChI is InChI=1S/H2O3S2/c1-4-5(2)3/h1,5H. The van der Waals surface area contributed by atoms with Crippen LogP contribution in [-0.2, 0) is 9.74 Å². The van der Waals surface area contributed by atoms with Crippen molar-refractivity contribution in [2.75, 3.05) is 0 Å². The third-order valence-electron chi connectivity index (χ3n) is 0.0667. The Hall–Kier alpha value is 0.260. The van der Waals surface area contributed by atoms with Gasteiger partial charge in [-0.15, -0.1) is 0 Å². The van der Waals surface area contributed by atoms with Gasteiger partial charge in [-0.1, -0.05) is 0 Å². The highest BCUT2D eigenvalue weighted by atomic mass is 33.1. The van der Waals surface area contributed by atoms with E-state index in [1.807, 2.05) is 0 Å². The van der Waals surface area contributed by atoms with Crippen LogP contribution in [0.25, 0.3) is 0 Å². The largest absolute Gasteiger partial charge is 0.317 e. The van der Waals surface area contributed by atoms with Gasteiger partial charge in [0.25, 0.3) is 0 Å². The molecule has 0 aliphatic heterocycles. The summed E-state index contributed by atoms with van der Waals surface area (Å²) >= 11 is -0.167. The van der Waals surface area contributed by atoms with Gasteiger partial charge in [-0.2, -0.15) is 0 Å². The minimum absolute atomic E-state index is 0.167. The van der Waals surface area contributed by atoms with E-state index in [4.69, 9.17) is 13.0 Å². The molecular formula is H2O3S2. The van der Waals surface area contributed by atoms with Crippen molar-refractivity contribution in [3.63, 3.8) is 0 Å². The molecule has 0 aliphatic rings. The van der Waals surface area contributed by atoms with Crippen LogP contribution in [0.2, 0.25) is 0 Å². The summed E-state index contributed by atoms with van der Waals surface area (Å²) in [6, 6.07) is 0. The SMILES string of the molecule is O=[SH](=O)SO. The van der Waals surface area contributed by atoms with Gasteiger partial charge in [0.05, 0.1) is 0 Å². The van der Waals surface area contributed by atoms with Crippen LogP contribution in [-0.4, -0.2) is 13.0 Å². The lowest BCUT2D eigenvalue weighted by Gasteiger charge is -1.59. The Balaban J connectivity index is 3.23. The molecule has 0 aromatic heterocycles. The lowest BCUT2D eigenvalue weighted by Crippen LogP contribution is -1.54. The first kappa shape index (κ1) is 5.26. The fraction of sp³-hybridized carbons (Fsp3) is 0. The molecule has 0 spiro atoms. The van der Waals surface area contributed by atoms with Gasteiger partial charge in [0.15, 0.2) is 0 Å². The van der Waals surface area contributed by atoms with E-state index in [0.717, 1.165) is 0 Å². The second-order valence-electron chi connectivity index (χ2n) is 0.305. The summed E-state index contributed by atoms with van der Waals surface area (Å²) in [7, 11) is -2.63. The highest BCUT2D eigenvalue weighted by molar-refractivity contribution is 8.61. The van der Waals surface area contributed by atoms with Crippen molar-refractivity contribution < 1.29 is 13.0 Å². The van der Waals surface area contributed by atoms with Gasteiger partial charge in [-0.05, 0) is 0 Å². The van der Waals surface area contributed by atoms with E-state index in [1.54, 1.807) is 0 Å². The summed E-state index contributed by atoms with van der Waals surface area (Å²) in [5.74, 6) is 0. The van der Waals surface area contributed by atoms with E-state index in [2.05, 4.69) is 0 Å². The molecule has 0 saturated heterocycles. The fourth-order valence-corrected chi connectivity index (χ4v) is 0. The van der Waals surface area contributed by atoms with Crippen LogP contribution in [0.4, 0.5) is 0 Å². The maximum absolute atomic E-state index is 9.12. The highest BCUT2D eigenvalue weighted by Crippen LogP contribution is 1.84. The molecule has 0 aromatic carbocycles. The molecule has 0 saturated carbocycles. The normalized spacial score (nSPS) is 9.20. The Morgan fingerprint density at radius 3 is 1.80 bits per heavy atom. The Morgan fingerprint density at radius 2 is 1.80 bits per heavy atom. The molecule has 0 amide bonds. The van der Waals surface area contributed by atoms with Crippen LogP contribution >= 0.6 is 11.1 Å². The van der Waals surface area contributed by atoms with Crippen molar-refractivity contribution >= 4 is 20.8 Å². The lowest BCUT2D eigenvalue weighted by atomic mass is 15.9. The minimum Gasteiger partial charge on any atom is -0.317 e. The van der Waals surface area contributed by atoms with E-state index >= 15 is 0 Å². The summed E-state index contributed by atoms with van der Waals surface area (Å²) < 4.78 is 25.7. The van der Waals surface area contributed by atoms with Crippen LogP contribution in [0, 0.1) is 0 Å². The Bertz CT molecular complexity index is 63.0. The molecule has 0 bridgehead atoms. The molecule has 0 rings (SSSR count). The average Bonchev–Trinajstić information content (AvgIpc) is 1.38. The van der Waals surface area contributed by atoms with Gasteiger partial charge in [-0.25, -0.2) is 8.42 Å². The van der Waals surface area contributed by atoms with Crippen LogP contribution in [0.15, 0.2) is 0 Å². The number of thiol groups is 1. The summed E-state index contributed by atoms with van der Waals surface area (Å²) in [6.45, 7) is 0. The van der Waals surface area contributed by atoms with Crippen LogP contribution < -0.4 is 0 Å². The molecule has 0 aromatic rings. The van der Waals surface area contributed by atoms with Crippen molar-refractivity contribution in [1.82, 2.24) is 0 Å². The summed E-state index contributed by atoms with van der Waals surface area (Å²) in [6.07, 6.45) is 0. The molecule has 5 heteroatoms. The van der Waals surface area contributed by atoms with E-state index in [-0.39, 0.29) is 11.1 Å². The second kappa shape index (κ2) is 2.49. The molecular weight excluding hydrogens is 112 g/mol. The van der Waals surface area contributed by atoms with E-state index in [9.17, 15) is 0 Å². The summed E-state index contributed by atoms with van der Waals surface area (Å²) in [5, 5.41) is 0. The van der Waals surface area contributed by atoms with Gasteiger partial charge in [0.1, 0.15) is 11.1 Å². The Labute approximate surface area is 34.6 Å². The van der Waals surface area contributed by atoms with Crippen LogP contribution in [0.3, 0.4) is 0 Å². The Morgan fingerprint density at radius 1 is 1.60 bits per heavy atom. The first-order valence-corrected chi connectivity index (χ1v) is 3.29. The van der Waals surface area contributed by atoms with Gasteiger partial charge < -0.3 is 4.55 Å². The first-order chi connectivity index (χ1) is 2.27. The van der Waals surface area contributed by atoms with Gasteiger partial charge in [-0.3, -0.25) is 0 Å². The zero-order valence-corrected chi connectivity index (χ0v) is 3.83. The molecule has 1 N–H and O–H groups in total. The quantitative estimate of drug-likeness (QED) is 0.279. The van der Waals surface area contributed by atoms with Crippen molar-refractivity contribution in [3.8, 4) is 0 Å². The van der Waals surface area contributed by atoms with E-state index < -0.39 is 9.74 Å². The highest BCUT2D eigenvalue weighted by Gasteiger charge is 1.68. The average molecular weight is 114 g/mol. The van der Waals surface area contributed by atoms with Gasteiger partial charge in [0, 0.05) is 0 Å². The molecule has 0 unspecified atom stereocenters. The number of hydrogen-bond donors (Lipinski definition) is 2. The number of rotatable bonds is 1. The molecule has 3 nitrogen and oxygen atoms in total. The molecule has 5 heavy (non-hydrogen) atoms. The predicted molar refractivity (Wildman–Crippen MR) is 20.5 cm³/mol. The number of hydrogen-bond acceptors (Lipinski definition) is 4. The van der Waals surface area contributed by atoms with E-state index in [1.165, 1.54) is 0 Å². The van der Waals surface area contributed by atoms with Crippen molar-refractivity contribution in [3.05, 3.63) is 0 Å². The zero-order chi connectivity index (χ0) is 4.28.